The second kappa shape index (κ2) is 13.4. The lowest BCUT2D eigenvalue weighted by atomic mass is 9.83. The third-order valence-corrected chi connectivity index (χ3v) is 13.1. The van der Waals surface area contributed by atoms with E-state index in [0.29, 0.717) is 0 Å². The molecule has 6 nitrogen and oxygen atoms in total. The maximum absolute atomic E-state index is 6.77. The SMILES string of the molecule is CC1(C)c2ccccc2-c2cc(-n3c4ccccc4c4ccc(Oc5cccc(-n6[c-][n+](-c7ccccc7-n7c8ccccc8c8ccccc87)c7ccccc76)c5)cc43)ncc21. The van der Waals surface area contributed by atoms with Gasteiger partial charge >= 0.3 is 0 Å². The summed E-state index contributed by atoms with van der Waals surface area (Å²) in [4.78, 5) is 5.14. The Bertz CT molecular complexity index is 3770. The van der Waals surface area contributed by atoms with Crippen LogP contribution < -0.4 is 9.30 Å². The van der Waals surface area contributed by atoms with Crippen molar-refractivity contribution < 1.29 is 9.30 Å². The summed E-state index contributed by atoms with van der Waals surface area (Å²) < 4.78 is 15.7. The first kappa shape index (κ1) is 35.5. The van der Waals surface area contributed by atoms with Crippen molar-refractivity contribution in [1.29, 1.82) is 0 Å². The van der Waals surface area contributed by atoms with E-state index in [-0.39, 0.29) is 5.41 Å². The van der Waals surface area contributed by atoms with E-state index in [9.17, 15) is 0 Å². The van der Waals surface area contributed by atoms with Crippen molar-refractivity contribution in [3.05, 3.63) is 218 Å². The topological polar surface area (TPSA) is 40.8 Å². The summed E-state index contributed by atoms with van der Waals surface area (Å²) in [5, 5.41) is 4.78. The molecule has 0 spiro atoms. The van der Waals surface area contributed by atoms with Crippen LogP contribution in [0.25, 0.3) is 88.7 Å². The lowest BCUT2D eigenvalue weighted by Gasteiger charge is -2.21. The molecule has 0 radical (unpaired) electrons. The Labute approximate surface area is 363 Å². The molecule has 4 aromatic heterocycles. The highest BCUT2D eigenvalue weighted by atomic mass is 16.5. The van der Waals surface area contributed by atoms with Gasteiger partial charge in [0.05, 0.1) is 50.2 Å². The number of ether oxygens (including phenoxy) is 1. The predicted molar refractivity (Wildman–Crippen MR) is 254 cm³/mol. The van der Waals surface area contributed by atoms with Crippen molar-refractivity contribution in [2.75, 3.05) is 0 Å². The van der Waals surface area contributed by atoms with Gasteiger partial charge in [0.15, 0.2) is 0 Å². The van der Waals surface area contributed by atoms with E-state index in [2.05, 4.69) is 227 Å². The number of fused-ring (bicyclic) bond motifs is 10. The maximum atomic E-state index is 6.77. The van der Waals surface area contributed by atoms with Crippen molar-refractivity contribution in [3.63, 3.8) is 0 Å². The highest BCUT2D eigenvalue weighted by Crippen LogP contribution is 2.49. The number of hydrogen-bond donors (Lipinski definition) is 0. The number of rotatable bonds is 6. The van der Waals surface area contributed by atoms with Gasteiger partial charge in [-0.25, -0.2) is 4.98 Å². The highest BCUT2D eigenvalue weighted by molar-refractivity contribution is 6.10. The molecule has 1 aliphatic rings. The van der Waals surface area contributed by atoms with Gasteiger partial charge in [0.1, 0.15) is 17.3 Å². The second-order valence-electron chi connectivity index (χ2n) is 17.0. The van der Waals surface area contributed by atoms with Crippen LogP contribution in [0.5, 0.6) is 11.5 Å². The number of pyridine rings is 1. The maximum Gasteiger partial charge on any atom is 0.269 e. The van der Waals surface area contributed by atoms with Crippen molar-refractivity contribution in [2.24, 2.45) is 0 Å². The number of nitrogens with zero attached hydrogens (tertiary/aromatic N) is 5. The Hall–Kier alpha value is -8.22. The van der Waals surface area contributed by atoms with E-state index in [1.807, 2.05) is 12.1 Å². The fourth-order valence-electron chi connectivity index (χ4n) is 10.2. The van der Waals surface area contributed by atoms with Crippen molar-refractivity contribution in [2.45, 2.75) is 19.3 Å². The molecular formula is C57H39N5O. The average molecular weight is 810 g/mol. The first-order valence-electron chi connectivity index (χ1n) is 21.5. The van der Waals surface area contributed by atoms with Crippen LogP contribution in [-0.2, 0) is 5.41 Å². The summed E-state index contributed by atoms with van der Waals surface area (Å²) in [6.07, 6.45) is 5.83. The summed E-state index contributed by atoms with van der Waals surface area (Å²) in [5.74, 6) is 2.36. The van der Waals surface area contributed by atoms with Crippen LogP contribution in [0.3, 0.4) is 0 Å². The van der Waals surface area contributed by atoms with Gasteiger partial charge < -0.3 is 9.30 Å². The molecular weight excluding hydrogens is 771 g/mol. The quantitative estimate of drug-likeness (QED) is 0.124. The number of benzene rings is 8. The first-order chi connectivity index (χ1) is 31.0. The highest BCUT2D eigenvalue weighted by Gasteiger charge is 2.36. The molecule has 0 saturated carbocycles. The van der Waals surface area contributed by atoms with Gasteiger partial charge in [0, 0.05) is 39.2 Å². The van der Waals surface area contributed by atoms with E-state index < -0.39 is 0 Å². The normalized spacial score (nSPS) is 13.0. The Morgan fingerprint density at radius 1 is 0.492 bits per heavy atom. The fraction of sp³-hybridized carbons (Fsp3) is 0.0526. The summed E-state index contributed by atoms with van der Waals surface area (Å²) in [5.41, 5.74) is 14.6. The summed E-state index contributed by atoms with van der Waals surface area (Å²) in [6, 6.07) is 68.6. The molecule has 13 rings (SSSR count). The minimum atomic E-state index is -0.114. The Morgan fingerprint density at radius 3 is 1.89 bits per heavy atom. The van der Waals surface area contributed by atoms with E-state index in [4.69, 9.17) is 9.72 Å². The van der Waals surface area contributed by atoms with Crippen LogP contribution in [-0.4, -0.2) is 18.7 Å². The minimum absolute atomic E-state index is 0.114. The molecule has 0 bridgehead atoms. The lowest BCUT2D eigenvalue weighted by molar-refractivity contribution is -0.572. The van der Waals surface area contributed by atoms with Crippen molar-refractivity contribution in [1.82, 2.24) is 18.7 Å². The molecule has 0 atom stereocenters. The zero-order valence-corrected chi connectivity index (χ0v) is 34.7. The van der Waals surface area contributed by atoms with Crippen LogP contribution in [0, 0.1) is 6.33 Å². The second-order valence-corrected chi connectivity index (χ2v) is 17.0. The molecule has 0 unspecified atom stereocenters. The van der Waals surface area contributed by atoms with Crippen molar-refractivity contribution >= 4 is 54.6 Å². The zero-order chi connectivity index (χ0) is 41.8. The number of imidazole rings is 1. The van der Waals surface area contributed by atoms with Gasteiger partial charge in [-0.05, 0) is 89.0 Å². The minimum Gasteiger partial charge on any atom is -0.458 e. The summed E-state index contributed by atoms with van der Waals surface area (Å²) >= 11 is 0. The molecule has 63 heavy (non-hydrogen) atoms. The zero-order valence-electron chi connectivity index (χ0n) is 34.7. The fourth-order valence-corrected chi connectivity index (χ4v) is 10.2. The van der Waals surface area contributed by atoms with Gasteiger partial charge in [-0.3, -0.25) is 13.7 Å². The Morgan fingerprint density at radius 2 is 1.11 bits per heavy atom. The van der Waals surface area contributed by atoms with Crippen LogP contribution in [0.15, 0.2) is 200 Å². The predicted octanol–water partition coefficient (Wildman–Crippen LogP) is 13.4. The molecule has 0 aliphatic heterocycles. The molecule has 6 heteroatoms. The van der Waals surface area contributed by atoms with Crippen molar-refractivity contribution in [3.8, 4) is 45.5 Å². The van der Waals surface area contributed by atoms with Gasteiger partial charge in [0.2, 0.25) is 0 Å². The largest absolute Gasteiger partial charge is 0.458 e. The molecule has 12 aromatic rings. The molecule has 298 valence electrons. The smallest absolute Gasteiger partial charge is 0.269 e. The Kier molecular flexibility index (Phi) is 7.55. The standard InChI is InChI=1S/C57H39N5O/c1-57(2)46-22-7-3-18-40(46)45-34-56(58-35-47(45)57)62-50-25-10-6-21-43(50)44-31-30-39(33-55(44)62)63-38-17-15-16-37(32-38)59-36-60(52-27-12-11-26-51(52)59)53-28-13-14-29-54(53)61-48-23-8-4-19-41(48)42-20-5-9-24-49(42)61/h3-35H,1-2H3. The molecule has 0 fully saturated rings. The molecule has 0 amide bonds. The third-order valence-electron chi connectivity index (χ3n) is 13.1. The third kappa shape index (κ3) is 5.25. The van der Waals surface area contributed by atoms with Gasteiger partial charge in [-0.15, -0.1) is 0 Å². The monoisotopic (exact) mass is 809 g/mol. The van der Waals surface area contributed by atoms with Crippen LogP contribution in [0.1, 0.15) is 25.0 Å². The molecule has 0 saturated heterocycles. The van der Waals surface area contributed by atoms with Gasteiger partial charge in [-0.2, -0.15) is 0 Å². The number of para-hydroxylation sites is 7. The van der Waals surface area contributed by atoms with Gasteiger partial charge in [0.25, 0.3) is 6.33 Å². The first-order valence-corrected chi connectivity index (χ1v) is 21.5. The Balaban J connectivity index is 0.907. The lowest BCUT2D eigenvalue weighted by Crippen LogP contribution is -2.31. The molecule has 1 aliphatic carbocycles. The van der Waals surface area contributed by atoms with E-state index in [0.717, 1.165) is 72.9 Å². The summed E-state index contributed by atoms with van der Waals surface area (Å²) in [7, 11) is 0. The van der Waals surface area contributed by atoms with Crippen LogP contribution >= 0.6 is 0 Å². The number of hydrogen-bond acceptors (Lipinski definition) is 2. The summed E-state index contributed by atoms with van der Waals surface area (Å²) in [6.45, 7) is 4.58. The molecule has 0 N–H and O–H groups in total. The van der Waals surface area contributed by atoms with E-state index in [1.165, 1.54) is 38.4 Å². The van der Waals surface area contributed by atoms with E-state index >= 15 is 0 Å². The van der Waals surface area contributed by atoms with Crippen LogP contribution in [0.2, 0.25) is 0 Å². The molecule has 4 heterocycles. The molecule has 8 aromatic carbocycles. The van der Waals surface area contributed by atoms with E-state index in [1.54, 1.807) is 0 Å². The number of aromatic nitrogens is 5. The average Bonchev–Trinajstić information content (AvgIpc) is 4.04. The van der Waals surface area contributed by atoms with Gasteiger partial charge in [-0.1, -0.05) is 135 Å². The van der Waals surface area contributed by atoms with Crippen LogP contribution in [0.4, 0.5) is 0 Å².